The van der Waals surface area contributed by atoms with E-state index in [4.69, 9.17) is 4.74 Å². The standard InChI is InChI=1S/C20H26F6O3/c1-2-15(27)29-17-13-9-5-3-7-11(13)16(12-8-4-6-10-14(12)17)18(28,19(21,22)23)20(24,25)26/h2,11-14,16-17,28H,1,3-10H2. The molecule has 0 radical (unpaired) electrons. The summed E-state index contributed by atoms with van der Waals surface area (Å²) in [7, 11) is 0. The van der Waals surface area contributed by atoms with Crippen molar-refractivity contribution in [1.82, 2.24) is 0 Å². The summed E-state index contributed by atoms with van der Waals surface area (Å²) < 4.78 is 88.3. The largest absolute Gasteiger partial charge is 0.459 e. The molecule has 0 saturated heterocycles. The van der Waals surface area contributed by atoms with Gasteiger partial charge in [-0.05, 0) is 49.4 Å². The predicted octanol–water partition coefficient (Wildman–Crippen LogP) is 5.18. The van der Waals surface area contributed by atoms with Gasteiger partial charge < -0.3 is 9.84 Å². The Morgan fingerprint density at radius 1 is 0.828 bits per heavy atom. The van der Waals surface area contributed by atoms with Crippen LogP contribution in [-0.4, -0.2) is 35.1 Å². The third-order valence-corrected chi connectivity index (χ3v) is 7.28. The van der Waals surface area contributed by atoms with Gasteiger partial charge in [0.2, 0.25) is 0 Å². The van der Waals surface area contributed by atoms with Gasteiger partial charge >= 0.3 is 18.3 Å². The molecule has 3 aliphatic carbocycles. The third-order valence-electron chi connectivity index (χ3n) is 7.28. The molecule has 3 rings (SSSR count). The molecule has 3 nitrogen and oxygen atoms in total. The van der Waals surface area contributed by atoms with E-state index in [-0.39, 0.29) is 12.8 Å². The second-order valence-electron chi connectivity index (χ2n) is 8.62. The Morgan fingerprint density at radius 3 is 1.55 bits per heavy atom. The van der Waals surface area contributed by atoms with E-state index in [1.54, 1.807) is 0 Å². The number of esters is 1. The van der Waals surface area contributed by atoms with Gasteiger partial charge in [-0.3, -0.25) is 0 Å². The van der Waals surface area contributed by atoms with Crippen LogP contribution in [0.2, 0.25) is 0 Å². The fourth-order valence-corrected chi connectivity index (χ4v) is 6.23. The van der Waals surface area contributed by atoms with Gasteiger partial charge in [-0.25, -0.2) is 4.79 Å². The summed E-state index contributed by atoms with van der Waals surface area (Å²) in [5.41, 5.74) is -4.77. The Kier molecular flexibility index (Phi) is 6.02. The summed E-state index contributed by atoms with van der Waals surface area (Å²) in [5.74, 6) is -6.00. The number of carbonyl (C=O) groups is 1. The molecule has 0 spiro atoms. The molecule has 0 bridgehead atoms. The molecule has 0 aromatic carbocycles. The number of ether oxygens (including phenoxy) is 1. The lowest BCUT2D eigenvalue weighted by Crippen LogP contribution is -2.69. The molecular formula is C20H26F6O3. The Hall–Kier alpha value is -1.25. The fourth-order valence-electron chi connectivity index (χ4n) is 6.23. The van der Waals surface area contributed by atoms with Gasteiger partial charge in [-0.1, -0.05) is 32.3 Å². The van der Waals surface area contributed by atoms with Crippen LogP contribution < -0.4 is 0 Å². The monoisotopic (exact) mass is 428 g/mol. The predicted molar refractivity (Wildman–Crippen MR) is 91.5 cm³/mol. The molecule has 1 N–H and O–H groups in total. The van der Waals surface area contributed by atoms with Crippen LogP contribution in [0.25, 0.3) is 0 Å². The first-order valence-corrected chi connectivity index (χ1v) is 10.1. The summed E-state index contributed by atoms with van der Waals surface area (Å²) in [5, 5.41) is 10.3. The number of aliphatic hydroxyl groups is 1. The fraction of sp³-hybridized carbons (Fsp3) is 0.850. The van der Waals surface area contributed by atoms with E-state index in [2.05, 4.69) is 6.58 Å². The topological polar surface area (TPSA) is 46.5 Å². The number of hydrogen-bond acceptors (Lipinski definition) is 3. The zero-order valence-corrected chi connectivity index (χ0v) is 15.9. The van der Waals surface area contributed by atoms with E-state index in [9.17, 15) is 36.2 Å². The van der Waals surface area contributed by atoms with Crippen LogP contribution in [0.15, 0.2) is 12.7 Å². The Labute approximate surface area is 165 Å². The molecule has 0 aliphatic heterocycles. The molecule has 9 heteroatoms. The zero-order valence-electron chi connectivity index (χ0n) is 15.9. The molecular weight excluding hydrogens is 402 g/mol. The molecule has 0 aromatic rings. The molecule has 3 fully saturated rings. The number of carbonyl (C=O) groups excluding carboxylic acids is 1. The third kappa shape index (κ3) is 3.68. The molecule has 29 heavy (non-hydrogen) atoms. The molecule has 3 aliphatic rings. The summed E-state index contributed by atoms with van der Waals surface area (Å²) >= 11 is 0. The van der Waals surface area contributed by atoms with E-state index < -0.39 is 59.6 Å². The first-order valence-electron chi connectivity index (χ1n) is 10.1. The highest BCUT2D eigenvalue weighted by molar-refractivity contribution is 5.81. The molecule has 0 heterocycles. The van der Waals surface area contributed by atoms with Crippen LogP contribution in [0.3, 0.4) is 0 Å². The average Bonchev–Trinajstić information content (AvgIpc) is 2.65. The number of rotatable bonds is 3. The van der Waals surface area contributed by atoms with Gasteiger partial charge in [0, 0.05) is 12.0 Å². The second-order valence-corrected chi connectivity index (χ2v) is 8.62. The molecule has 0 amide bonds. The molecule has 4 unspecified atom stereocenters. The van der Waals surface area contributed by atoms with Crippen molar-refractivity contribution in [3.05, 3.63) is 12.7 Å². The Balaban J connectivity index is 2.11. The minimum absolute atomic E-state index is 0.148. The van der Waals surface area contributed by atoms with Gasteiger partial charge in [0.05, 0.1) is 0 Å². The van der Waals surface area contributed by atoms with Crippen molar-refractivity contribution in [3.8, 4) is 0 Å². The number of fused-ring (bicyclic) bond motifs is 2. The van der Waals surface area contributed by atoms with Crippen molar-refractivity contribution in [3.63, 3.8) is 0 Å². The van der Waals surface area contributed by atoms with Crippen molar-refractivity contribution >= 4 is 5.97 Å². The highest BCUT2D eigenvalue weighted by atomic mass is 19.4. The lowest BCUT2D eigenvalue weighted by molar-refractivity contribution is -0.403. The molecule has 4 atom stereocenters. The van der Waals surface area contributed by atoms with E-state index in [0.29, 0.717) is 38.5 Å². The van der Waals surface area contributed by atoms with Crippen molar-refractivity contribution in [2.45, 2.75) is 75.4 Å². The van der Waals surface area contributed by atoms with Gasteiger partial charge in [0.1, 0.15) is 6.10 Å². The minimum atomic E-state index is -5.84. The first kappa shape index (κ1) is 22.4. The lowest BCUT2D eigenvalue weighted by Gasteiger charge is -2.58. The van der Waals surface area contributed by atoms with E-state index >= 15 is 0 Å². The molecule has 0 aromatic heterocycles. The van der Waals surface area contributed by atoms with Crippen LogP contribution in [0, 0.1) is 29.6 Å². The number of halogens is 6. The number of hydrogen-bond donors (Lipinski definition) is 1. The quantitative estimate of drug-likeness (QED) is 0.383. The van der Waals surface area contributed by atoms with Crippen LogP contribution >= 0.6 is 0 Å². The van der Waals surface area contributed by atoms with Gasteiger partial charge in [-0.15, -0.1) is 0 Å². The van der Waals surface area contributed by atoms with E-state index in [1.807, 2.05) is 0 Å². The summed E-state index contributed by atoms with van der Waals surface area (Å²) in [6.45, 7) is 3.34. The SMILES string of the molecule is C=CC(=O)OC1C2CCCCC2C(C(O)(C(F)(F)F)C(F)(F)F)C2CCCCC21. The highest BCUT2D eigenvalue weighted by Gasteiger charge is 2.77. The highest BCUT2D eigenvalue weighted by Crippen LogP contribution is 2.62. The normalized spacial score (nSPS) is 36.0. The molecule has 166 valence electrons. The smallest absolute Gasteiger partial charge is 0.426 e. The first-order chi connectivity index (χ1) is 13.4. The zero-order chi connectivity index (χ0) is 21.6. The van der Waals surface area contributed by atoms with Gasteiger partial charge in [0.25, 0.3) is 5.60 Å². The van der Waals surface area contributed by atoms with Crippen LogP contribution in [0.5, 0.6) is 0 Å². The van der Waals surface area contributed by atoms with Gasteiger partial charge in [0.15, 0.2) is 0 Å². The maximum Gasteiger partial charge on any atom is 0.426 e. The van der Waals surface area contributed by atoms with Crippen molar-refractivity contribution in [1.29, 1.82) is 0 Å². The molecule has 3 saturated carbocycles. The van der Waals surface area contributed by atoms with Crippen molar-refractivity contribution < 1.29 is 41.0 Å². The summed E-state index contributed by atoms with van der Waals surface area (Å²) in [4.78, 5) is 11.9. The van der Waals surface area contributed by atoms with Crippen LogP contribution in [0.4, 0.5) is 26.3 Å². The van der Waals surface area contributed by atoms with E-state index in [1.165, 1.54) is 0 Å². The maximum atomic E-state index is 13.8. The summed E-state index contributed by atoms with van der Waals surface area (Å²) in [6.07, 6.45) is -8.14. The van der Waals surface area contributed by atoms with E-state index in [0.717, 1.165) is 6.08 Å². The maximum absolute atomic E-state index is 13.8. The minimum Gasteiger partial charge on any atom is -0.459 e. The second kappa shape index (κ2) is 7.78. The van der Waals surface area contributed by atoms with Crippen molar-refractivity contribution in [2.24, 2.45) is 29.6 Å². The Bertz CT molecular complexity index is 591. The summed E-state index contributed by atoms with van der Waals surface area (Å²) in [6, 6.07) is 0. The Morgan fingerprint density at radius 2 is 1.21 bits per heavy atom. The number of alkyl halides is 6. The van der Waals surface area contributed by atoms with Crippen LogP contribution in [0.1, 0.15) is 51.4 Å². The van der Waals surface area contributed by atoms with Crippen LogP contribution in [-0.2, 0) is 9.53 Å². The van der Waals surface area contributed by atoms with Gasteiger partial charge in [-0.2, -0.15) is 26.3 Å². The average molecular weight is 428 g/mol. The van der Waals surface area contributed by atoms with Crippen molar-refractivity contribution in [2.75, 3.05) is 0 Å². The lowest BCUT2D eigenvalue weighted by atomic mass is 9.50.